The lowest BCUT2D eigenvalue weighted by atomic mass is 10.1. The number of hydrogen-bond acceptors (Lipinski definition) is 5. The van der Waals surface area contributed by atoms with Crippen LogP contribution in [0.5, 0.6) is 11.5 Å². The van der Waals surface area contributed by atoms with Crippen molar-refractivity contribution in [3.05, 3.63) is 105 Å². The number of nitrogens with zero attached hydrogens (tertiary/aromatic N) is 1. The third-order valence-corrected chi connectivity index (χ3v) is 7.92. The number of alkyl halides is 3. The highest BCUT2D eigenvalue weighted by Gasteiger charge is 2.36. The highest BCUT2D eigenvalue weighted by Crippen LogP contribution is 2.41. The lowest BCUT2D eigenvalue weighted by Gasteiger charge is -2.16. The van der Waals surface area contributed by atoms with Gasteiger partial charge in [-0.2, -0.15) is 13.2 Å². The van der Waals surface area contributed by atoms with Crippen LogP contribution in [0.25, 0.3) is 16.8 Å². The number of carbonyl (C=O) groups excluding carboxylic acids is 1. The Bertz CT molecular complexity index is 1630. The highest BCUT2D eigenvalue weighted by atomic mass is 79.9. The van der Waals surface area contributed by atoms with Crippen LogP contribution < -0.4 is 14.4 Å². The number of benzene rings is 4. The molecular formula is C29H19BrF3NO3S2. The summed E-state index contributed by atoms with van der Waals surface area (Å²) in [5, 5.41) is 2.21. The molecule has 1 saturated heterocycles. The second kappa shape index (κ2) is 11.0. The molecule has 1 heterocycles. The summed E-state index contributed by atoms with van der Waals surface area (Å²) in [4.78, 5) is 14.5. The molecule has 5 rings (SSSR count). The normalized spacial score (nSPS) is 14.9. The topological polar surface area (TPSA) is 38.8 Å². The minimum atomic E-state index is -4.54. The van der Waals surface area contributed by atoms with Crippen LogP contribution in [0.3, 0.4) is 0 Å². The van der Waals surface area contributed by atoms with E-state index in [2.05, 4.69) is 15.9 Å². The largest absolute Gasteiger partial charge is 0.493 e. The summed E-state index contributed by atoms with van der Waals surface area (Å²) < 4.78 is 52.1. The molecule has 39 heavy (non-hydrogen) atoms. The third kappa shape index (κ3) is 5.68. The van der Waals surface area contributed by atoms with Gasteiger partial charge in [0.2, 0.25) is 0 Å². The molecule has 1 fully saturated rings. The van der Waals surface area contributed by atoms with Crippen molar-refractivity contribution in [2.24, 2.45) is 0 Å². The molecule has 0 N–H and O–H groups in total. The predicted octanol–water partition coefficient (Wildman–Crippen LogP) is 8.61. The maximum atomic E-state index is 13.2. The van der Waals surface area contributed by atoms with Crippen molar-refractivity contribution in [3.63, 3.8) is 0 Å². The van der Waals surface area contributed by atoms with E-state index in [4.69, 9.17) is 21.7 Å². The smallest absolute Gasteiger partial charge is 0.416 e. The minimum absolute atomic E-state index is 0.0617. The number of amides is 1. The van der Waals surface area contributed by atoms with Gasteiger partial charge in [0.1, 0.15) is 6.61 Å². The second-order valence-corrected chi connectivity index (χ2v) is 11.1. The van der Waals surface area contributed by atoms with Gasteiger partial charge in [-0.1, -0.05) is 72.5 Å². The zero-order valence-electron chi connectivity index (χ0n) is 20.3. The third-order valence-electron chi connectivity index (χ3n) is 6.03. The summed E-state index contributed by atoms with van der Waals surface area (Å²) in [7, 11) is 1.52. The lowest BCUT2D eigenvalue weighted by Crippen LogP contribution is -2.27. The lowest BCUT2D eigenvalue weighted by molar-refractivity contribution is -0.137. The Morgan fingerprint density at radius 1 is 1.03 bits per heavy atom. The van der Waals surface area contributed by atoms with Crippen LogP contribution >= 0.6 is 39.9 Å². The Labute approximate surface area is 240 Å². The minimum Gasteiger partial charge on any atom is -0.493 e. The molecule has 10 heteroatoms. The van der Waals surface area contributed by atoms with E-state index in [-0.39, 0.29) is 14.9 Å². The highest BCUT2D eigenvalue weighted by molar-refractivity contribution is 9.10. The van der Waals surface area contributed by atoms with Gasteiger partial charge in [-0.3, -0.25) is 9.69 Å². The van der Waals surface area contributed by atoms with Crippen LogP contribution in [0.2, 0.25) is 0 Å². The number of hydrogen-bond donors (Lipinski definition) is 0. The maximum Gasteiger partial charge on any atom is 0.416 e. The Kier molecular flexibility index (Phi) is 7.70. The fourth-order valence-electron chi connectivity index (χ4n) is 4.19. The van der Waals surface area contributed by atoms with Crippen molar-refractivity contribution < 1.29 is 27.4 Å². The van der Waals surface area contributed by atoms with E-state index >= 15 is 0 Å². The van der Waals surface area contributed by atoms with E-state index in [0.29, 0.717) is 28.1 Å². The average molecular weight is 631 g/mol. The number of thioether (sulfide) groups is 1. The van der Waals surface area contributed by atoms with Gasteiger partial charge in [-0.15, -0.1) is 0 Å². The average Bonchev–Trinajstić information content (AvgIpc) is 3.19. The Morgan fingerprint density at radius 2 is 1.77 bits per heavy atom. The molecule has 1 aliphatic heterocycles. The first-order valence-electron chi connectivity index (χ1n) is 11.6. The number of fused-ring (bicyclic) bond motifs is 1. The molecule has 0 aromatic heterocycles. The number of ether oxygens (including phenoxy) is 2. The molecule has 4 aromatic rings. The molecule has 0 unspecified atom stereocenters. The van der Waals surface area contributed by atoms with Gasteiger partial charge in [-0.25, -0.2) is 0 Å². The molecule has 0 aliphatic carbocycles. The van der Waals surface area contributed by atoms with Crippen LogP contribution in [-0.2, 0) is 17.6 Å². The Morgan fingerprint density at radius 3 is 2.54 bits per heavy atom. The first-order valence-corrected chi connectivity index (χ1v) is 13.6. The van der Waals surface area contributed by atoms with Crippen LogP contribution in [0, 0.1) is 0 Å². The van der Waals surface area contributed by atoms with E-state index in [1.54, 1.807) is 18.2 Å². The Hall–Kier alpha value is -3.34. The van der Waals surface area contributed by atoms with E-state index in [1.165, 1.54) is 19.2 Å². The standard InChI is InChI=1S/C29H19BrF3NO3S2/c1-36-24-13-17(12-23(30)26(24)37-16-19-8-4-7-18-6-2-3-11-22(18)19)14-25-27(35)34(28(38)39-25)21-10-5-9-20(15-21)29(31,32)33/h2-15H,16H2,1H3/b25-14+. The van der Waals surface area contributed by atoms with Crippen LogP contribution in [-0.4, -0.2) is 17.3 Å². The van der Waals surface area contributed by atoms with Gasteiger partial charge in [0, 0.05) is 0 Å². The molecule has 0 spiro atoms. The van der Waals surface area contributed by atoms with Crippen molar-refractivity contribution in [2.75, 3.05) is 12.0 Å². The summed E-state index contributed by atoms with van der Waals surface area (Å²) in [5.41, 5.74) is 0.850. The number of carbonyl (C=O) groups is 1. The molecule has 0 saturated carbocycles. The quantitative estimate of drug-likeness (QED) is 0.158. The van der Waals surface area contributed by atoms with E-state index < -0.39 is 17.6 Å². The molecule has 198 valence electrons. The fourth-order valence-corrected chi connectivity index (χ4v) is 6.07. The van der Waals surface area contributed by atoms with E-state index in [1.807, 2.05) is 42.5 Å². The number of methoxy groups -OCH3 is 1. The molecule has 1 amide bonds. The first kappa shape index (κ1) is 27.2. The second-order valence-electron chi connectivity index (χ2n) is 8.53. The molecule has 4 aromatic carbocycles. The predicted molar refractivity (Wildman–Crippen MR) is 156 cm³/mol. The summed E-state index contributed by atoms with van der Waals surface area (Å²) in [6, 6.07) is 22.1. The molecule has 0 bridgehead atoms. The van der Waals surface area contributed by atoms with Crippen LogP contribution in [0.1, 0.15) is 16.7 Å². The van der Waals surface area contributed by atoms with Crippen molar-refractivity contribution in [2.45, 2.75) is 12.8 Å². The monoisotopic (exact) mass is 629 g/mol. The number of halogens is 4. The summed E-state index contributed by atoms with van der Waals surface area (Å²) in [5.74, 6) is 0.444. The number of thiocarbonyl (C=S) groups is 1. The van der Waals surface area contributed by atoms with Crippen molar-refractivity contribution >= 4 is 72.7 Å². The van der Waals surface area contributed by atoms with Crippen molar-refractivity contribution in [3.8, 4) is 11.5 Å². The van der Waals surface area contributed by atoms with Crippen molar-refractivity contribution in [1.29, 1.82) is 0 Å². The van der Waals surface area contributed by atoms with Gasteiger partial charge in [0.25, 0.3) is 5.91 Å². The summed E-state index contributed by atoms with van der Waals surface area (Å²) in [6.07, 6.45) is -2.92. The first-order chi connectivity index (χ1) is 18.7. The zero-order valence-corrected chi connectivity index (χ0v) is 23.5. The van der Waals surface area contributed by atoms with Crippen LogP contribution in [0.15, 0.2) is 88.2 Å². The van der Waals surface area contributed by atoms with E-state index in [9.17, 15) is 18.0 Å². The van der Waals surface area contributed by atoms with Crippen molar-refractivity contribution in [1.82, 2.24) is 0 Å². The summed E-state index contributed by atoms with van der Waals surface area (Å²) in [6.45, 7) is 0.311. The van der Waals surface area contributed by atoms with Gasteiger partial charge >= 0.3 is 6.18 Å². The molecular weight excluding hydrogens is 611 g/mol. The maximum absolute atomic E-state index is 13.2. The number of rotatable bonds is 6. The van der Waals surface area contributed by atoms with Crippen LogP contribution in [0.4, 0.5) is 18.9 Å². The molecule has 0 radical (unpaired) electrons. The zero-order chi connectivity index (χ0) is 27.7. The number of anilines is 1. The van der Waals surface area contributed by atoms with Gasteiger partial charge < -0.3 is 9.47 Å². The summed E-state index contributed by atoms with van der Waals surface area (Å²) >= 11 is 9.89. The fraction of sp³-hybridized carbons (Fsp3) is 0.103. The molecule has 4 nitrogen and oxygen atoms in total. The van der Waals surface area contributed by atoms with Gasteiger partial charge in [-0.05, 0) is 74.2 Å². The SMILES string of the molecule is COc1cc(/C=C2/SC(=S)N(c3cccc(C(F)(F)F)c3)C2=O)cc(Br)c1OCc1cccc2ccccc12. The van der Waals surface area contributed by atoms with E-state index in [0.717, 1.165) is 45.1 Å². The molecule has 0 atom stereocenters. The van der Waals surface area contributed by atoms with Gasteiger partial charge in [0.05, 0.1) is 27.7 Å². The molecule has 1 aliphatic rings. The van der Waals surface area contributed by atoms with Gasteiger partial charge in [0.15, 0.2) is 15.8 Å². The Balaban J connectivity index is 1.40.